The van der Waals surface area contributed by atoms with E-state index < -0.39 is 41.7 Å². The minimum atomic E-state index is -0.982. The number of unbranched alkanes of at least 4 members (excludes halogenated alkanes) is 1. The molecule has 2 aromatic rings. The molecule has 0 radical (unpaired) electrons. The maximum absolute atomic E-state index is 14.4. The van der Waals surface area contributed by atoms with Gasteiger partial charge >= 0.3 is 0 Å². The highest BCUT2D eigenvalue weighted by molar-refractivity contribution is 7.09. The lowest BCUT2D eigenvalue weighted by Gasteiger charge is -2.37. The lowest BCUT2D eigenvalue weighted by Crippen LogP contribution is -2.48. The molecule has 0 saturated carbocycles. The lowest BCUT2D eigenvalue weighted by atomic mass is 9.83. The third-order valence-corrected chi connectivity index (χ3v) is 14.8. The Balaban J connectivity index is 1.43. The van der Waals surface area contributed by atoms with Crippen LogP contribution >= 0.6 is 11.3 Å². The number of nitrogens with one attached hydrogen (secondary N) is 2. The van der Waals surface area contributed by atoms with Crippen molar-refractivity contribution in [3.63, 3.8) is 0 Å². The Kier molecular flexibility index (Phi) is 23.5. The van der Waals surface area contributed by atoms with Gasteiger partial charge in [0.05, 0.1) is 12.1 Å². The van der Waals surface area contributed by atoms with Crippen LogP contribution in [0.2, 0.25) is 0 Å². The summed E-state index contributed by atoms with van der Waals surface area (Å²) in [6.45, 7) is 9.68. The van der Waals surface area contributed by atoms with Gasteiger partial charge in [0, 0.05) is 94.8 Å². The highest BCUT2D eigenvalue weighted by Crippen LogP contribution is 2.32. The number of rotatable bonds is 31. The molecule has 4 N–H and O–H groups in total. The number of hydrogen-bond acceptors (Lipinski definition) is 13. The number of methoxy groups -OCH3 is 1. The topological polar surface area (TPSA) is 218 Å². The zero-order valence-corrected chi connectivity index (χ0v) is 42.7. The summed E-state index contributed by atoms with van der Waals surface area (Å²) in [7, 11) is 5.37. The highest BCUT2D eigenvalue weighted by atomic mass is 32.1. The number of amides is 5. The summed E-state index contributed by atoms with van der Waals surface area (Å²) in [6, 6.07) is 7.88. The molecule has 17 heteroatoms. The molecule has 0 bridgehead atoms. The van der Waals surface area contributed by atoms with Gasteiger partial charge in [-0.1, -0.05) is 77.3 Å². The van der Waals surface area contributed by atoms with Crippen LogP contribution in [-0.2, 0) is 44.7 Å². The van der Waals surface area contributed by atoms with E-state index in [9.17, 15) is 38.4 Å². The molecule has 380 valence electrons. The van der Waals surface area contributed by atoms with Crippen LogP contribution in [0.15, 0.2) is 47.9 Å². The summed E-state index contributed by atoms with van der Waals surface area (Å²) in [5, 5.41) is 7.97. The van der Waals surface area contributed by atoms with Crippen molar-refractivity contribution < 1.29 is 43.1 Å². The molecule has 2 aliphatic heterocycles. The van der Waals surface area contributed by atoms with E-state index >= 15 is 0 Å². The van der Waals surface area contributed by atoms with Crippen LogP contribution in [0.1, 0.15) is 138 Å². The van der Waals surface area contributed by atoms with Gasteiger partial charge in [-0.25, -0.2) is 4.98 Å². The number of Topliss-reactive ketones (excluding diaryl/α,β-unsaturated/α-hetero) is 3. The number of benzene rings is 1. The fourth-order valence-corrected chi connectivity index (χ4v) is 10.1. The summed E-state index contributed by atoms with van der Waals surface area (Å²) in [5.41, 5.74) is 6.69. The van der Waals surface area contributed by atoms with Crippen molar-refractivity contribution in [1.29, 1.82) is 0 Å². The second kappa shape index (κ2) is 28.6. The summed E-state index contributed by atoms with van der Waals surface area (Å²) in [6.07, 6.45) is 8.25. The Hall–Kier alpha value is -4.97. The Morgan fingerprint density at radius 1 is 0.971 bits per heavy atom. The lowest BCUT2D eigenvalue weighted by molar-refractivity contribution is -0.143. The van der Waals surface area contributed by atoms with E-state index in [0.717, 1.165) is 42.7 Å². The predicted octanol–water partition coefficient (Wildman–Crippen LogP) is 5.64. The van der Waals surface area contributed by atoms with E-state index in [-0.39, 0.29) is 104 Å². The number of ketones is 3. The molecule has 4 rings (SSSR count). The van der Waals surface area contributed by atoms with Crippen LogP contribution in [0.25, 0.3) is 0 Å². The normalized spacial score (nSPS) is 17.8. The Labute approximate surface area is 412 Å². The quantitative estimate of drug-likeness (QED) is 0.0618. The molecule has 1 aromatic heterocycles. The van der Waals surface area contributed by atoms with Crippen LogP contribution < -0.4 is 16.4 Å². The fraction of sp³-hybridized carbons (Fsp3) is 0.635. The SMILES string of the molecule is CC[C@H](C)[C@H](CC(=O)[C@H]1CCCCN1C)C(=O)N(C)[C@H](C[C@@H](OC)c1nc(C(=O)N[C@@H](Cc2ccccc2)C(=O)C[C@@H](CCCCN)C(=O)NCCCC(=O)CCN2C(=O)C=CC2=O)cs1)C(C)C. The number of carbonyl (C=O) groups is 8. The molecule has 1 fully saturated rings. The van der Waals surface area contributed by atoms with Gasteiger partial charge in [-0.15, -0.1) is 11.3 Å². The number of nitrogens with zero attached hydrogens (tertiary/aromatic N) is 4. The highest BCUT2D eigenvalue weighted by Gasteiger charge is 2.37. The molecule has 2 aliphatic rings. The number of nitrogens with two attached hydrogens (primary N) is 1. The zero-order valence-electron chi connectivity index (χ0n) is 41.9. The molecule has 69 heavy (non-hydrogen) atoms. The summed E-state index contributed by atoms with van der Waals surface area (Å²) < 4.78 is 5.99. The van der Waals surface area contributed by atoms with Crippen molar-refractivity contribution in [3.05, 3.63) is 64.1 Å². The van der Waals surface area contributed by atoms with Crippen LogP contribution in [0.5, 0.6) is 0 Å². The van der Waals surface area contributed by atoms with E-state index in [4.69, 9.17) is 15.5 Å². The van der Waals surface area contributed by atoms with Gasteiger partial charge in [-0.05, 0) is 76.1 Å². The second-order valence-corrected chi connectivity index (χ2v) is 20.0. The van der Waals surface area contributed by atoms with Crippen molar-refractivity contribution in [2.45, 2.75) is 142 Å². The fourth-order valence-electron chi connectivity index (χ4n) is 9.24. The van der Waals surface area contributed by atoms with Crippen molar-refractivity contribution >= 4 is 58.2 Å². The predicted molar refractivity (Wildman–Crippen MR) is 266 cm³/mol. The van der Waals surface area contributed by atoms with Crippen molar-refractivity contribution in [3.8, 4) is 0 Å². The summed E-state index contributed by atoms with van der Waals surface area (Å²) in [5.74, 6) is -3.31. The van der Waals surface area contributed by atoms with Gasteiger partial charge in [0.2, 0.25) is 11.8 Å². The average Bonchev–Trinajstić information content (AvgIpc) is 3.96. The number of aromatic nitrogens is 1. The molecular weight excluding hydrogens is 899 g/mol. The Bertz CT molecular complexity index is 2060. The van der Waals surface area contributed by atoms with Crippen molar-refractivity contribution in [1.82, 2.24) is 30.3 Å². The molecule has 3 heterocycles. The third kappa shape index (κ3) is 17.1. The van der Waals surface area contributed by atoms with E-state index in [0.29, 0.717) is 43.7 Å². The number of likely N-dealkylation sites (tertiary alicyclic amines) is 1. The van der Waals surface area contributed by atoms with Gasteiger partial charge in [-0.3, -0.25) is 48.2 Å². The number of imide groups is 1. The number of likely N-dealkylation sites (N-methyl/N-ethyl adjacent to an activating group) is 1. The van der Waals surface area contributed by atoms with E-state index in [1.54, 1.807) is 24.4 Å². The Morgan fingerprint density at radius 2 is 1.68 bits per heavy atom. The largest absolute Gasteiger partial charge is 0.374 e. The van der Waals surface area contributed by atoms with E-state index in [2.05, 4.69) is 29.4 Å². The number of ether oxygens (including phenoxy) is 1. The summed E-state index contributed by atoms with van der Waals surface area (Å²) in [4.78, 5) is 116. The van der Waals surface area contributed by atoms with Gasteiger partial charge < -0.3 is 26.0 Å². The molecule has 5 amide bonds. The van der Waals surface area contributed by atoms with Crippen LogP contribution in [0.4, 0.5) is 0 Å². The first-order valence-corrected chi connectivity index (χ1v) is 25.8. The third-order valence-electron chi connectivity index (χ3n) is 13.8. The Morgan fingerprint density at radius 3 is 2.32 bits per heavy atom. The van der Waals surface area contributed by atoms with Crippen molar-refractivity contribution in [2.75, 3.05) is 47.4 Å². The molecule has 16 nitrogen and oxygen atoms in total. The first-order chi connectivity index (χ1) is 33.0. The van der Waals surface area contributed by atoms with Crippen LogP contribution in [-0.4, -0.2) is 132 Å². The van der Waals surface area contributed by atoms with Crippen LogP contribution in [0.3, 0.4) is 0 Å². The monoisotopic (exact) mass is 976 g/mol. The van der Waals surface area contributed by atoms with Crippen LogP contribution in [0, 0.1) is 23.7 Å². The molecule has 0 unspecified atom stereocenters. The molecular formula is C52H77N7O9S. The minimum absolute atomic E-state index is 0.00237. The van der Waals surface area contributed by atoms with Gasteiger partial charge in [0.1, 0.15) is 22.6 Å². The average molecular weight is 976 g/mol. The molecule has 1 aromatic carbocycles. The van der Waals surface area contributed by atoms with Gasteiger partial charge in [0.25, 0.3) is 17.7 Å². The molecule has 1 saturated heterocycles. The van der Waals surface area contributed by atoms with Gasteiger partial charge in [-0.2, -0.15) is 0 Å². The van der Waals surface area contributed by atoms with E-state index in [1.165, 1.54) is 23.5 Å². The maximum atomic E-state index is 14.4. The number of hydrogen-bond donors (Lipinski definition) is 3. The first kappa shape index (κ1) is 56.6. The number of carbonyl (C=O) groups excluding carboxylic acids is 8. The standard InChI is InChI=1S/C52H77N7O9S/c1-8-35(4)39(31-45(62)42-21-13-15-27-57(42)5)52(67)58(6)43(34(2)3)32-46(68-7)51-56-41(33-69-51)50(66)55-40(29-36-17-10-9-11-18-36)44(61)30-37(19-12-14-25-53)49(65)54-26-16-20-38(60)24-28-59-47(63)22-23-48(59)64/h9-11,17-18,22-23,33-35,37,39-40,42-43,46H,8,12-16,19-21,24-32,53H2,1-7H3,(H,54,65)(H,55,66)/t35-,37+,39-,40-,42+,43+,46+/m0/s1. The van der Waals surface area contributed by atoms with E-state index in [1.807, 2.05) is 51.2 Å². The minimum Gasteiger partial charge on any atom is -0.374 e. The van der Waals surface area contributed by atoms with Crippen molar-refractivity contribution in [2.24, 2.45) is 29.4 Å². The maximum Gasteiger partial charge on any atom is 0.271 e. The smallest absolute Gasteiger partial charge is 0.271 e. The first-order valence-electron chi connectivity index (χ1n) is 24.9. The molecule has 0 aliphatic carbocycles. The molecule has 0 spiro atoms. The molecule has 7 atom stereocenters. The number of piperidine rings is 1. The second-order valence-electron chi connectivity index (χ2n) is 19.2. The zero-order chi connectivity index (χ0) is 50.6. The summed E-state index contributed by atoms with van der Waals surface area (Å²) >= 11 is 1.26. The van der Waals surface area contributed by atoms with Gasteiger partial charge in [0.15, 0.2) is 11.6 Å². The number of thiazole rings is 1.